The third-order valence-corrected chi connectivity index (χ3v) is 5.48. The number of hydrogen-bond acceptors (Lipinski definition) is 6. The number of rotatable bonds is 5. The van der Waals surface area contributed by atoms with Gasteiger partial charge in [-0.25, -0.2) is 4.79 Å². The molecular formula is C16H15BrClNO4S. The fraction of sp³-hybridized carbons (Fsp3) is 0.250. The van der Waals surface area contributed by atoms with Crippen LogP contribution in [0.3, 0.4) is 0 Å². The summed E-state index contributed by atoms with van der Waals surface area (Å²) >= 11 is 10.9. The SMILES string of the molecule is COC(=O)Cc1csc(C(=O)OC)c1Nc1c(Br)ccc(Cl)c1C. The van der Waals surface area contributed by atoms with Gasteiger partial charge in [-0.3, -0.25) is 4.79 Å². The monoisotopic (exact) mass is 431 g/mol. The van der Waals surface area contributed by atoms with Crippen molar-refractivity contribution in [3.63, 3.8) is 0 Å². The van der Waals surface area contributed by atoms with E-state index < -0.39 is 11.9 Å². The standard InChI is InChI=1S/C16H15BrClNO4S/c1-8-11(18)5-4-10(17)13(8)19-14-9(6-12(20)22-2)7-24-15(14)16(21)23-3/h4-5,7,19H,6H2,1-3H3. The molecular weight excluding hydrogens is 418 g/mol. The molecule has 1 aromatic heterocycles. The molecule has 2 aromatic rings. The Morgan fingerprint density at radius 2 is 1.96 bits per heavy atom. The van der Waals surface area contributed by atoms with Crippen LogP contribution in [0.2, 0.25) is 5.02 Å². The highest BCUT2D eigenvalue weighted by molar-refractivity contribution is 9.10. The summed E-state index contributed by atoms with van der Waals surface area (Å²) in [5.41, 5.74) is 2.70. The van der Waals surface area contributed by atoms with Crippen LogP contribution in [-0.4, -0.2) is 26.2 Å². The highest BCUT2D eigenvalue weighted by atomic mass is 79.9. The predicted octanol–water partition coefficient (Wildman–Crippen LogP) is 4.72. The maximum Gasteiger partial charge on any atom is 0.350 e. The number of esters is 2. The summed E-state index contributed by atoms with van der Waals surface area (Å²) in [6, 6.07) is 3.58. The molecule has 0 atom stereocenters. The van der Waals surface area contributed by atoms with Gasteiger partial charge in [0.15, 0.2) is 0 Å². The predicted molar refractivity (Wildman–Crippen MR) is 98.6 cm³/mol. The van der Waals surface area contributed by atoms with Crippen molar-refractivity contribution >= 4 is 62.2 Å². The number of benzene rings is 1. The Hall–Kier alpha value is -1.57. The zero-order valence-electron chi connectivity index (χ0n) is 13.2. The largest absolute Gasteiger partial charge is 0.469 e. The van der Waals surface area contributed by atoms with Gasteiger partial charge in [-0.05, 0) is 51.5 Å². The summed E-state index contributed by atoms with van der Waals surface area (Å²) in [6.45, 7) is 1.86. The summed E-state index contributed by atoms with van der Waals surface area (Å²) in [7, 11) is 2.63. The van der Waals surface area contributed by atoms with Gasteiger partial charge in [0, 0.05) is 9.50 Å². The number of hydrogen-bond donors (Lipinski definition) is 1. The normalized spacial score (nSPS) is 10.4. The zero-order valence-corrected chi connectivity index (χ0v) is 16.4. The lowest BCUT2D eigenvalue weighted by molar-refractivity contribution is -0.139. The van der Waals surface area contributed by atoms with Gasteiger partial charge in [0.25, 0.3) is 0 Å². The number of halogens is 2. The maximum absolute atomic E-state index is 12.0. The minimum Gasteiger partial charge on any atom is -0.469 e. The molecule has 0 amide bonds. The molecule has 8 heteroatoms. The van der Waals surface area contributed by atoms with Crippen LogP contribution < -0.4 is 5.32 Å². The van der Waals surface area contributed by atoms with E-state index in [0.29, 0.717) is 21.2 Å². The van der Waals surface area contributed by atoms with Gasteiger partial charge < -0.3 is 14.8 Å². The van der Waals surface area contributed by atoms with Crippen molar-refractivity contribution in [2.24, 2.45) is 0 Å². The van der Waals surface area contributed by atoms with Crippen molar-refractivity contribution < 1.29 is 19.1 Å². The molecule has 128 valence electrons. The van der Waals surface area contributed by atoms with E-state index in [0.717, 1.165) is 15.7 Å². The number of ether oxygens (including phenoxy) is 2. The first-order valence-corrected chi connectivity index (χ1v) is 8.91. The van der Waals surface area contributed by atoms with E-state index in [9.17, 15) is 9.59 Å². The average molecular weight is 433 g/mol. The molecule has 0 saturated heterocycles. The van der Waals surface area contributed by atoms with Crippen LogP contribution in [0, 0.1) is 6.92 Å². The Labute approximate surface area is 157 Å². The van der Waals surface area contributed by atoms with Gasteiger partial charge >= 0.3 is 11.9 Å². The first-order chi connectivity index (χ1) is 11.4. The topological polar surface area (TPSA) is 64.6 Å². The van der Waals surface area contributed by atoms with Crippen LogP contribution in [-0.2, 0) is 20.7 Å². The Morgan fingerprint density at radius 3 is 2.58 bits per heavy atom. The Balaban J connectivity index is 2.51. The molecule has 1 N–H and O–H groups in total. The van der Waals surface area contributed by atoms with Crippen molar-refractivity contribution in [1.29, 1.82) is 0 Å². The third-order valence-electron chi connectivity index (χ3n) is 3.40. The summed E-state index contributed by atoms with van der Waals surface area (Å²) in [4.78, 5) is 24.0. The van der Waals surface area contributed by atoms with E-state index >= 15 is 0 Å². The van der Waals surface area contributed by atoms with Crippen LogP contribution >= 0.6 is 38.9 Å². The number of thiophene rings is 1. The van der Waals surface area contributed by atoms with Gasteiger partial charge in [0.2, 0.25) is 0 Å². The molecule has 2 rings (SSSR count). The van der Waals surface area contributed by atoms with Crippen molar-refractivity contribution in [2.75, 3.05) is 19.5 Å². The molecule has 1 heterocycles. The van der Waals surface area contributed by atoms with Crippen molar-refractivity contribution in [1.82, 2.24) is 0 Å². The summed E-state index contributed by atoms with van der Waals surface area (Å²) in [5.74, 6) is -0.872. The number of carbonyl (C=O) groups is 2. The molecule has 0 aliphatic rings. The van der Waals surface area contributed by atoms with Crippen molar-refractivity contribution in [2.45, 2.75) is 13.3 Å². The van der Waals surface area contributed by atoms with Crippen LogP contribution in [0.4, 0.5) is 11.4 Å². The van der Waals surface area contributed by atoms with Crippen molar-refractivity contribution in [3.05, 3.63) is 43.0 Å². The molecule has 24 heavy (non-hydrogen) atoms. The first-order valence-electron chi connectivity index (χ1n) is 6.86. The van der Waals surface area contributed by atoms with Gasteiger partial charge in [0.05, 0.1) is 32.0 Å². The smallest absolute Gasteiger partial charge is 0.350 e. The van der Waals surface area contributed by atoms with Gasteiger partial charge in [0.1, 0.15) is 4.88 Å². The third kappa shape index (κ3) is 3.91. The molecule has 0 fully saturated rings. The second-order valence-corrected chi connectivity index (χ2v) is 7.00. The minimum atomic E-state index is -0.477. The van der Waals surface area contributed by atoms with E-state index in [1.165, 1.54) is 25.6 Å². The van der Waals surface area contributed by atoms with Crippen LogP contribution in [0.15, 0.2) is 22.0 Å². The number of nitrogens with one attached hydrogen (secondary N) is 1. The molecule has 0 unspecified atom stereocenters. The zero-order chi connectivity index (χ0) is 17.9. The minimum absolute atomic E-state index is 0.0452. The first kappa shape index (κ1) is 18.8. The van der Waals surface area contributed by atoms with E-state index in [4.69, 9.17) is 21.1 Å². The number of carbonyl (C=O) groups excluding carboxylic acids is 2. The lowest BCUT2D eigenvalue weighted by Gasteiger charge is -2.15. The van der Waals surface area contributed by atoms with E-state index in [1.807, 2.05) is 13.0 Å². The fourth-order valence-corrected chi connectivity index (χ4v) is 3.69. The van der Waals surface area contributed by atoms with Gasteiger partial charge in [-0.15, -0.1) is 11.3 Å². The second-order valence-electron chi connectivity index (χ2n) is 4.86. The Morgan fingerprint density at radius 1 is 1.25 bits per heavy atom. The highest BCUT2D eigenvalue weighted by Gasteiger charge is 2.22. The lowest BCUT2D eigenvalue weighted by atomic mass is 10.1. The number of methoxy groups -OCH3 is 2. The Kier molecular flexibility index (Phi) is 6.26. The molecule has 0 bridgehead atoms. The fourth-order valence-electron chi connectivity index (χ4n) is 2.06. The van der Waals surface area contributed by atoms with Crippen LogP contribution in [0.5, 0.6) is 0 Å². The Bertz CT molecular complexity index is 791. The molecule has 0 spiro atoms. The quantitative estimate of drug-likeness (QED) is 0.693. The molecule has 5 nitrogen and oxygen atoms in total. The summed E-state index contributed by atoms with van der Waals surface area (Å²) in [5, 5.41) is 5.54. The summed E-state index contributed by atoms with van der Waals surface area (Å²) in [6.07, 6.45) is 0.0452. The lowest BCUT2D eigenvalue weighted by Crippen LogP contribution is -2.08. The van der Waals surface area contributed by atoms with Crippen LogP contribution in [0.1, 0.15) is 20.8 Å². The average Bonchev–Trinajstić information content (AvgIpc) is 2.96. The molecule has 0 radical (unpaired) electrons. The molecule has 1 aromatic carbocycles. The molecule has 0 aliphatic carbocycles. The highest BCUT2D eigenvalue weighted by Crippen LogP contribution is 2.38. The maximum atomic E-state index is 12.0. The van der Waals surface area contributed by atoms with E-state index in [2.05, 4.69) is 21.2 Å². The van der Waals surface area contributed by atoms with Crippen molar-refractivity contribution in [3.8, 4) is 0 Å². The van der Waals surface area contributed by atoms with Gasteiger partial charge in [-0.1, -0.05) is 11.6 Å². The number of anilines is 2. The summed E-state index contributed by atoms with van der Waals surface area (Å²) < 4.78 is 10.3. The van der Waals surface area contributed by atoms with Gasteiger partial charge in [-0.2, -0.15) is 0 Å². The van der Waals surface area contributed by atoms with E-state index in [1.54, 1.807) is 11.4 Å². The van der Waals surface area contributed by atoms with E-state index in [-0.39, 0.29) is 6.42 Å². The van der Waals surface area contributed by atoms with Crippen LogP contribution in [0.25, 0.3) is 0 Å². The molecule has 0 aliphatic heterocycles. The second kappa shape index (κ2) is 8.00. The molecule has 0 saturated carbocycles.